The monoisotopic (exact) mass is 552 g/mol. The van der Waals surface area contributed by atoms with Gasteiger partial charge in [-0.25, -0.2) is 0 Å². The van der Waals surface area contributed by atoms with Gasteiger partial charge >= 0.3 is 0 Å². The average Bonchev–Trinajstić information content (AvgIpc) is 3.18. The third-order valence-electron chi connectivity index (χ3n) is 6.60. The van der Waals surface area contributed by atoms with E-state index in [0.717, 1.165) is 19.1 Å². The van der Waals surface area contributed by atoms with Gasteiger partial charge in [0.1, 0.15) is 24.7 Å². The van der Waals surface area contributed by atoms with Crippen molar-refractivity contribution in [2.75, 3.05) is 72.7 Å². The van der Waals surface area contributed by atoms with Crippen LogP contribution in [0, 0.1) is 5.92 Å². The van der Waals surface area contributed by atoms with E-state index in [0.29, 0.717) is 109 Å². The molecule has 218 valence electrons. The average molecular weight is 553 g/mol. The summed E-state index contributed by atoms with van der Waals surface area (Å²) in [6, 6.07) is -0.713. The van der Waals surface area contributed by atoms with E-state index < -0.39 is 11.9 Å². The Morgan fingerprint density at radius 2 is 1.36 bits per heavy atom. The standard InChI is InChI=1S/C27H40N2O10/c1-20-21-4-2-5-23(25(21)27(33)29(20)22-6-7-24(31)28-26(22)32)39-19-18-38-17-16-37-15-14-36-13-12-35-11-10-34-9-3-8-30/h8,21-22H,1-7,9-19H2,(H,28,31,32). The van der Waals surface area contributed by atoms with Crippen LogP contribution in [0.1, 0.15) is 38.5 Å². The number of hydrogen-bond acceptors (Lipinski definition) is 10. The van der Waals surface area contributed by atoms with Crippen LogP contribution in [-0.2, 0) is 47.6 Å². The number of aldehydes is 1. The highest BCUT2D eigenvalue weighted by molar-refractivity contribution is 6.06. The lowest BCUT2D eigenvalue weighted by Gasteiger charge is -2.30. The third-order valence-corrected chi connectivity index (χ3v) is 6.60. The fourth-order valence-electron chi connectivity index (χ4n) is 4.73. The first-order chi connectivity index (χ1) is 19.0. The molecule has 0 aromatic heterocycles. The van der Waals surface area contributed by atoms with Gasteiger partial charge in [0.15, 0.2) is 0 Å². The Balaban J connectivity index is 1.24. The van der Waals surface area contributed by atoms with Crippen molar-refractivity contribution in [2.45, 2.75) is 44.6 Å². The second-order valence-corrected chi connectivity index (χ2v) is 9.28. The van der Waals surface area contributed by atoms with Gasteiger partial charge < -0.3 is 33.2 Å². The van der Waals surface area contributed by atoms with Gasteiger partial charge in [-0.3, -0.25) is 24.6 Å². The summed E-state index contributed by atoms with van der Waals surface area (Å²) >= 11 is 0. The van der Waals surface area contributed by atoms with Gasteiger partial charge in [0, 0.05) is 30.9 Å². The maximum Gasteiger partial charge on any atom is 0.258 e. The molecule has 1 aliphatic carbocycles. The van der Waals surface area contributed by atoms with Crippen LogP contribution in [0.3, 0.4) is 0 Å². The van der Waals surface area contributed by atoms with Crippen molar-refractivity contribution in [3.05, 3.63) is 23.6 Å². The molecule has 0 aromatic carbocycles. The van der Waals surface area contributed by atoms with Crippen LogP contribution in [0.2, 0.25) is 0 Å². The molecule has 2 saturated heterocycles. The molecule has 39 heavy (non-hydrogen) atoms. The number of amides is 3. The maximum atomic E-state index is 13.3. The molecule has 0 radical (unpaired) electrons. The van der Waals surface area contributed by atoms with E-state index in [9.17, 15) is 19.2 Å². The molecule has 0 spiro atoms. The predicted molar refractivity (Wildman–Crippen MR) is 137 cm³/mol. The number of rotatable bonds is 20. The van der Waals surface area contributed by atoms with Crippen molar-refractivity contribution in [3.63, 3.8) is 0 Å². The number of likely N-dealkylation sites (tertiary alicyclic amines) is 1. The lowest BCUT2D eigenvalue weighted by molar-refractivity contribution is -0.141. The van der Waals surface area contributed by atoms with Gasteiger partial charge in [-0.05, 0) is 19.3 Å². The first-order valence-electron chi connectivity index (χ1n) is 13.6. The van der Waals surface area contributed by atoms with Crippen LogP contribution in [0.15, 0.2) is 23.6 Å². The molecule has 12 nitrogen and oxygen atoms in total. The van der Waals surface area contributed by atoms with E-state index in [4.69, 9.17) is 28.4 Å². The van der Waals surface area contributed by atoms with Crippen molar-refractivity contribution >= 4 is 24.0 Å². The largest absolute Gasteiger partial charge is 0.495 e. The quantitative estimate of drug-likeness (QED) is 0.132. The fourth-order valence-corrected chi connectivity index (χ4v) is 4.73. The lowest BCUT2D eigenvalue weighted by atomic mass is 9.87. The van der Waals surface area contributed by atoms with E-state index in [1.807, 2.05) is 0 Å². The first kappa shape index (κ1) is 30.9. The highest BCUT2D eigenvalue weighted by Crippen LogP contribution is 2.44. The molecule has 0 saturated carbocycles. The van der Waals surface area contributed by atoms with E-state index in [2.05, 4.69) is 11.9 Å². The minimum absolute atomic E-state index is 0.164. The minimum Gasteiger partial charge on any atom is -0.495 e. The second-order valence-electron chi connectivity index (χ2n) is 9.28. The van der Waals surface area contributed by atoms with Crippen molar-refractivity contribution < 1.29 is 47.6 Å². The first-order valence-corrected chi connectivity index (χ1v) is 13.6. The number of carbonyl (C=O) groups is 4. The molecule has 12 heteroatoms. The minimum atomic E-state index is -0.713. The van der Waals surface area contributed by atoms with Crippen LogP contribution in [0.4, 0.5) is 0 Å². The molecule has 2 atom stereocenters. The lowest BCUT2D eigenvalue weighted by Crippen LogP contribution is -2.52. The van der Waals surface area contributed by atoms with Gasteiger partial charge in [-0.2, -0.15) is 0 Å². The number of carbonyl (C=O) groups excluding carboxylic acids is 4. The highest BCUT2D eigenvalue weighted by Gasteiger charge is 2.48. The fraction of sp³-hybridized carbons (Fsp3) is 0.704. The zero-order valence-corrected chi connectivity index (χ0v) is 22.5. The Morgan fingerprint density at radius 3 is 1.92 bits per heavy atom. The summed E-state index contributed by atoms with van der Waals surface area (Å²) < 4.78 is 32.9. The summed E-state index contributed by atoms with van der Waals surface area (Å²) in [5.41, 5.74) is 1.18. The van der Waals surface area contributed by atoms with E-state index in [-0.39, 0.29) is 24.2 Å². The molecule has 2 aliphatic heterocycles. The van der Waals surface area contributed by atoms with Crippen LogP contribution in [0.5, 0.6) is 0 Å². The van der Waals surface area contributed by atoms with Crippen LogP contribution < -0.4 is 5.32 Å². The Morgan fingerprint density at radius 1 is 0.795 bits per heavy atom. The molecule has 0 aromatic rings. The predicted octanol–water partition coefficient (Wildman–Crippen LogP) is 0.890. The van der Waals surface area contributed by atoms with Crippen molar-refractivity contribution in [2.24, 2.45) is 5.92 Å². The summed E-state index contributed by atoms with van der Waals surface area (Å²) in [7, 11) is 0. The summed E-state index contributed by atoms with van der Waals surface area (Å²) in [6.45, 7) is 8.75. The molecular formula is C27H40N2O10. The van der Waals surface area contributed by atoms with Crippen LogP contribution in [-0.4, -0.2) is 108 Å². The molecule has 2 unspecified atom stereocenters. The number of nitrogens with one attached hydrogen (secondary N) is 1. The maximum absolute atomic E-state index is 13.3. The topological polar surface area (TPSA) is 139 Å². The van der Waals surface area contributed by atoms with E-state index in [1.54, 1.807) is 0 Å². The Bertz CT molecular complexity index is 890. The van der Waals surface area contributed by atoms with E-state index >= 15 is 0 Å². The van der Waals surface area contributed by atoms with Gasteiger partial charge in [0.25, 0.3) is 5.91 Å². The molecule has 2 fully saturated rings. The molecule has 2 heterocycles. The Labute approximate surface area is 228 Å². The smallest absolute Gasteiger partial charge is 0.258 e. The van der Waals surface area contributed by atoms with Crippen LogP contribution in [0.25, 0.3) is 0 Å². The number of hydrogen-bond donors (Lipinski definition) is 1. The second kappa shape index (κ2) is 17.1. The molecular weight excluding hydrogens is 512 g/mol. The number of nitrogens with zero attached hydrogens (tertiary/aromatic N) is 1. The van der Waals surface area contributed by atoms with Gasteiger partial charge in [0.2, 0.25) is 11.8 Å². The number of piperidine rings is 1. The molecule has 1 N–H and O–H groups in total. The number of fused-ring (bicyclic) bond motifs is 1. The normalized spacial score (nSPS) is 21.4. The summed E-state index contributed by atoms with van der Waals surface area (Å²) in [4.78, 5) is 48.7. The van der Waals surface area contributed by atoms with Crippen LogP contribution >= 0.6 is 0 Å². The summed E-state index contributed by atoms with van der Waals surface area (Å²) in [5, 5.41) is 2.32. The van der Waals surface area contributed by atoms with Crippen molar-refractivity contribution in [1.82, 2.24) is 10.2 Å². The zero-order chi connectivity index (χ0) is 27.9. The van der Waals surface area contributed by atoms with Gasteiger partial charge in [0.05, 0.1) is 71.6 Å². The van der Waals surface area contributed by atoms with Crippen molar-refractivity contribution in [1.29, 1.82) is 0 Å². The number of imide groups is 1. The molecule has 0 bridgehead atoms. The zero-order valence-electron chi connectivity index (χ0n) is 22.5. The number of allylic oxidation sites excluding steroid dienone is 2. The Kier molecular flexibility index (Phi) is 13.6. The number of ether oxygens (including phenoxy) is 6. The highest BCUT2D eigenvalue weighted by atomic mass is 16.6. The molecule has 3 rings (SSSR count). The van der Waals surface area contributed by atoms with Gasteiger partial charge in [-0.15, -0.1) is 0 Å². The van der Waals surface area contributed by atoms with Crippen molar-refractivity contribution in [3.8, 4) is 0 Å². The third kappa shape index (κ3) is 9.50. The molecule has 3 amide bonds. The summed E-state index contributed by atoms with van der Waals surface area (Å²) in [6.07, 6.45) is 4.00. The molecule has 3 aliphatic rings. The Hall–Kier alpha value is -2.64. The van der Waals surface area contributed by atoms with Gasteiger partial charge in [-0.1, -0.05) is 6.58 Å². The summed E-state index contributed by atoms with van der Waals surface area (Å²) in [5.74, 6) is -0.552. The van der Waals surface area contributed by atoms with E-state index in [1.165, 1.54) is 4.90 Å². The SMILES string of the molecule is C=C1C2CCCC(OCCOCCOCCOCCOCCOCCC=O)=C2C(=O)N1C1CCC(=O)NC1=O.